The van der Waals surface area contributed by atoms with Crippen molar-refractivity contribution in [2.45, 2.75) is 6.54 Å². The van der Waals surface area contributed by atoms with Crippen LogP contribution in [0.15, 0.2) is 30.5 Å². The molecule has 1 aromatic carbocycles. The Kier molecular flexibility index (Phi) is 1.97. The first kappa shape index (κ1) is 9.11. The molecule has 0 unspecified atom stereocenters. The minimum absolute atomic E-state index is 0.370. The predicted molar refractivity (Wildman–Crippen MR) is 61.6 cm³/mol. The highest BCUT2D eigenvalue weighted by Crippen LogP contribution is 2.25. The van der Waals surface area contributed by atoms with Crippen LogP contribution in [0.25, 0.3) is 22.3 Å². The Hall–Kier alpha value is -2.14. The first-order valence-corrected chi connectivity index (χ1v) is 5.06. The lowest BCUT2D eigenvalue weighted by Gasteiger charge is -1.91. The van der Waals surface area contributed by atoms with Crippen molar-refractivity contribution >= 4 is 10.9 Å². The number of para-hydroxylation sites is 1. The number of nitrogens with one attached hydrogen (secondary N) is 2. The summed E-state index contributed by atoms with van der Waals surface area (Å²) < 4.78 is 0. The molecule has 0 aliphatic carbocycles. The van der Waals surface area contributed by atoms with Crippen molar-refractivity contribution in [3.05, 3.63) is 36.3 Å². The fraction of sp³-hybridized carbons (Fsp3) is 0.0909. The maximum atomic E-state index is 5.49. The molecule has 0 aliphatic heterocycles. The van der Waals surface area contributed by atoms with Gasteiger partial charge in [0.1, 0.15) is 5.82 Å². The van der Waals surface area contributed by atoms with Crippen molar-refractivity contribution in [3.8, 4) is 11.4 Å². The van der Waals surface area contributed by atoms with Crippen molar-refractivity contribution < 1.29 is 0 Å². The number of nitrogens with two attached hydrogens (primary N) is 1. The quantitative estimate of drug-likeness (QED) is 0.601. The van der Waals surface area contributed by atoms with Crippen LogP contribution in [-0.2, 0) is 6.54 Å². The maximum absolute atomic E-state index is 5.49. The van der Waals surface area contributed by atoms with Crippen molar-refractivity contribution in [3.63, 3.8) is 0 Å². The smallest absolute Gasteiger partial charge is 0.183 e. The van der Waals surface area contributed by atoms with Crippen LogP contribution in [0.3, 0.4) is 0 Å². The van der Waals surface area contributed by atoms with Gasteiger partial charge in [0.15, 0.2) is 5.82 Å². The Morgan fingerprint density at radius 1 is 1.25 bits per heavy atom. The van der Waals surface area contributed by atoms with Crippen LogP contribution in [0.1, 0.15) is 5.82 Å². The van der Waals surface area contributed by atoms with E-state index in [1.165, 1.54) is 0 Å². The van der Waals surface area contributed by atoms with E-state index in [9.17, 15) is 0 Å². The highest BCUT2D eigenvalue weighted by atomic mass is 15.2. The van der Waals surface area contributed by atoms with Crippen molar-refractivity contribution in [1.82, 2.24) is 20.2 Å². The molecule has 0 fully saturated rings. The van der Waals surface area contributed by atoms with Gasteiger partial charge in [-0.3, -0.25) is 5.10 Å². The van der Waals surface area contributed by atoms with E-state index >= 15 is 0 Å². The predicted octanol–water partition coefficient (Wildman–Crippen LogP) is 1.41. The number of rotatable bonds is 2. The highest BCUT2D eigenvalue weighted by molar-refractivity contribution is 5.93. The Labute approximate surface area is 91.7 Å². The molecule has 0 saturated heterocycles. The molecular weight excluding hydrogens is 202 g/mol. The Bertz CT molecular complexity index is 622. The second kappa shape index (κ2) is 3.46. The van der Waals surface area contributed by atoms with Crippen LogP contribution in [-0.4, -0.2) is 20.2 Å². The van der Waals surface area contributed by atoms with E-state index in [4.69, 9.17) is 5.73 Å². The van der Waals surface area contributed by atoms with E-state index in [0.29, 0.717) is 18.2 Å². The molecule has 2 heterocycles. The van der Waals surface area contributed by atoms with Gasteiger partial charge in [-0.05, 0) is 6.07 Å². The summed E-state index contributed by atoms with van der Waals surface area (Å²) in [6, 6.07) is 8.05. The van der Waals surface area contributed by atoms with E-state index < -0.39 is 0 Å². The molecule has 3 aromatic rings. The molecule has 0 amide bonds. The minimum Gasteiger partial charge on any atom is -0.360 e. The number of H-pyrrole nitrogens is 2. The van der Waals surface area contributed by atoms with E-state index in [-0.39, 0.29) is 0 Å². The molecule has 4 N–H and O–H groups in total. The van der Waals surface area contributed by atoms with Gasteiger partial charge in [-0.2, -0.15) is 5.10 Å². The second-order valence-corrected chi connectivity index (χ2v) is 3.56. The van der Waals surface area contributed by atoms with E-state index in [1.807, 2.05) is 30.5 Å². The lowest BCUT2D eigenvalue weighted by Crippen LogP contribution is -1.97. The third-order valence-electron chi connectivity index (χ3n) is 2.56. The van der Waals surface area contributed by atoms with Gasteiger partial charge in [0.25, 0.3) is 0 Å². The summed E-state index contributed by atoms with van der Waals surface area (Å²) in [5.74, 6) is 1.37. The minimum atomic E-state index is 0.370. The number of nitrogens with zero attached hydrogens (tertiary/aromatic N) is 2. The molecule has 5 heteroatoms. The van der Waals surface area contributed by atoms with Gasteiger partial charge < -0.3 is 10.7 Å². The van der Waals surface area contributed by atoms with Crippen LogP contribution in [0.2, 0.25) is 0 Å². The van der Waals surface area contributed by atoms with E-state index in [2.05, 4.69) is 20.2 Å². The molecule has 0 aliphatic rings. The summed E-state index contributed by atoms with van der Waals surface area (Å²) in [5, 5.41) is 8.07. The summed E-state index contributed by atoms with van der Waals surface area (Å²) in [4.78, 5) is 7.50. The standard InChI is InChI=1S/C11H11N5/c12-5-10-14-11(16-15-10)8-6-13-9-4-2-1-3-7(8)9/h1-4,6,13H,5,12H2,(H,14,15,16). The Morgan fingerprint density at radius 2 is 2.12 bits per heavy atom. The molecular formula is C11H11N5. The van der Waals surface area contributed by atoms with Gasteiger partial charge in [0.2, 0.25) is 0 Å². The fourth-order valence-corrected chi connectivity index (χ4v) is 1.76. The molecule has 0 spiro atoms. The topological polar surface area (TPSA) is 83.4 Å². The number of aromatic amines is 2. The fourth-order valence-electron chi connectivity index (χ4n) is 1.76. The number of hydrogen-bond donors (Lipinski definition) is 3. The van der Waals surface area contributed by atoms with Gasteiger partial charge in [-0.1, -0.05) is 18.2 Å². The first-order chi connectivity index (χ1) is 7.88. The Balaban J connectivity index is 2.18. The van der Waals surface area contributed by atoms with Crippen molar-refractivity contribution in [1.29, 1.82) is 0 Å². The highest BCUT2D eigenvalue weighted by Gasteiger charge is 2.09. The largest absolute Gasteiger partial charge is 0.360 e. The monoisotopic (exact) mass is 213 g/mol. The van der Waals surface area contributed by atoms with E-state index in [0.717, 1.165) is 16.5 Å². The molecule has 0 saturated carbocycles. The van der Waals surface area contributed by atoms with Gasteiger partial charge in [-0.15, -0.1) is 0 Å². The maximum Gasteiger partial charge on any atom is 0.183 e. The molecule has 5 nitrogen and oxygen atoms in total. The van der Waals surface area contributed by atoms with Crippen molar-refractivity contribution in [2.75, 3.05) is 0 Å². The first-order valence-electron chi connectivity index (χ1n) is 5.06. The van der Waals surface area contributed by atoms with Crippen LogP contribution in [0, 0.1) is 0 Å². The molecule has 3 rings (SSSR count). The normalized spacial score (nSPS) is 11.1. The van der Waals surface area contributed by atoms with Crippen LogP contribution >= 0.6 is 0 Å². The molecule has 80 valence electrons. The number of benzene rings is 1. The summed E-state index contributed by atoms with van der Waals surface area (Å²) in [7, 11) is 0. The van der Waals surface area contributed by atoms with Crippen LogP contribution in [0.5, 0.6) is 0 Å². The lowest BCUT2D eigenvalue weighted by atomic mass is 10.2. The zero-order valence-electron chi connectivity index (χ0n) is 8.57. The average Bonchev–Trinajstić information content (AvgIpc) is 2.94. The number of aromatic nitrogens is 4. The summed E-state index contributed by atoms with van der Waals surface area (Å²) in [6.07, 6.45) is 1.91. The SMILES string of the molecule is NCc1nc(-c2c[nH]c3ccccc23)n[nH]1. The van der Waals surface area contributed by atoms with Crippen molar-refractivity contribution in [2.24, 2.45) is 5.73 Å². The molecule has 16 heavy (non-hydrogen) atoms. The zero-order chi connectivity index (χ0) is 11.0. The number of hydrogen-bond acceptors (Lipinski definition) is 3. The van der Waals surface area contributed by atoms with Crippen LogP contribution in [0.4, 0.5) is 0 Å². The molecule has 0 radical (unpaired) electrons. The van der Waals surface area contributed by atoms with Gasteiger partial charge in [0, 0.05) is 22.7 Å². The summed E-state index contributed by atoms with van der Waals surface area (Å²) in [6.45, 7) is 0.370. The molecule has 0 bridgehead atoms. The lowest BCUT2D eigenvalue weighted by molar-refractivity contribution is 0.917. The van der Waals surface area contributed by atoms with Gasteiger partial charge in [0.05, 0.1) is 6.54 Å². The van der Waals surface area contributed by atoms with E-state index in [1.54, 1.807) is 0 Å². The molecule has 2 aromatic heterocycles. The second-order valence-electron chi connectivity index (χ2n) is 3.56. The number of fused-ring (bicyclic) bond motifs is 1. The average molecular weight is 213 g/mol. The van der Waals surface area contributed by atoms with Gasteiger partial charge >= 0.3 is 0 Å². The zero-order valence-corrected chi connectivity index (χ0v) is 8.57. The Morgan fingerprint density at radius 3 is 2.94 bits per heavy atom. The summed E-state index contributed by atoms with van der Waals surface area (Å²) in [5.41, 5.74) is 7.56. The van der Waals surface area contributed by atoms with Gasteiger partial charge in [-0.25, -0.2) is 4.98 Å². The summed E-state index contributed by atoms with van der Waals surface area (Å²) >= 11 is 0. The van der Waals surface area contributed by atoms with Crippen LogP contribution < -0.4 is 5.73 Å². The third kappa shape index (κ3) is 1.30. The molecule has 0 atom stereocenters. The third-order valence-corrected chi connectivity index (χ3v) is 2.56.